The molecule has 0 amide bonds. The molecule has 0 spiro atoms. The fraction of sp³-hybridized carbons (Fsp3) is 0.238. The molecule has 0 atom stereocenters. The number of methoxy groups -OCH3 is 1. The molecule has 0 fully saturated rings. The van der Waals surface area contributed by atoms with Crippen LogP contribution in [0.15, 0.2) is 35.9 Å². The summed E-state index contributed by atoms with van der Waals surface area (Å²) in [4.78, 5) is 25.8. The van der Waals surface area contributed by atoms with E-state index in [1.807, 2.05) is 26.8 Å². The Morgan fingerprint density at radius 2 is 1.73 bits per heavy atom. The number of ketones is 2. The summed E-state index contributed by atoms with van der Waals surface area (Å²) in [6.45, 7) is 6.15. The first-order valence-corrected chi connectivity index (χ1v) is 8.24. The first-order valence-electron chi connectivity index (χ1n) is 8.24. The van der Waals surface area contributed by atoms with E-state index in [1.54, 1.807) is 12.1 Å². The lowest BCUT2D eigenvalue weighted by molar-refractivity contribution is 0.0976. The highest BCUT2D eigenvalue weighted by molar-refractivity contribution is 6.29. The van der Waals surface area contributed by atoms with Gasteiger partial charge in [-0.25, -0.2) is 0 Å². The molecule has 26 heavy (non-hydrogen) atoms. The predicted molar refractivity (Wildman–Crippen MR) is 97.6 cm³/mol. The predicted octanol–water partition coefficient (Wildman–Crippen LogP) is 3.83. The van der Waals surface area contributed by atoms with Crippen LogP contribution in [0.2, 0.25) is 0 Å². The molecule has 0 saturated heterocycles. The van der Waals surface area contributed by atoms with Gasteiger partial charge in [-0.05, 0) is 50.6 Å². The van der Waals surface area contributed by atoms with E-state index in [2.05, 4.69) is 0 Å². The largest absolute Gasteiger partial charge is 0.507 e. The maximum Gasteiger partial charge on any atom is 0.198 e. The maximum absolute atomic E-state index is 12.9. The minimum absolute atomic E-state index is 0.00222. The average Bonchev–Trinajstić information content (AvgIpc) is 2.59. The number of fused-ring (bicyclic) bond motifs is 2. The molecule has 5 heteroatoms. The Bertz CT molecular complexity index is 949. The molecule has 0 bridgehead atoms. The van der Waals surface area contributed by atoms with Gasteiger partial charge >= 0.3 is 0 Å². The number of hydrogen-bond donors (Lipinski definition) is 1. The molecule has 0 aliphatic heterocycles. The molecule has 2 aromatic rings. The van der Waals surface area contributed by atoms with Gasteiger partial charge in [-0.15, -0.1) is 0 Å². The Morgan fingerprint density at radius 3 is 2.38 bits per heavy atom. The van der Waals surface area contributed by atoms with E-state index in [1.165, 1.54) is 19.2 Å². The molecule has 1 aliphatic carbocycles. The first-order chi connectivity index (χ1) is 12.3. The normalized spacial score (nSPS) is 12.3. The number of phenols is 1. The fourth-order valence-electron chi connectivity index (χ4n) is 2.93. The summed E-state index contributed by atoms with van der Waals surface area (Å²) in [6.07, 6.45) is 1.93. The van der Waals surface area contributed by atoms with Crippen LogP contribution in [-0.2, 0) is 0 Å². The molecule has 3 rings (SSSR count). The smallest absolute Gasteiger partial charge is 0.198 e. The van der Waals surface area contributed by atoms with E-state index < -0.39 is 5.78 Å². The highest BCUT2D eigenvalue weighted by Crippen LogP contribution is 2.38. The number of benzene rings is 2. The van der Waals surface area contributed by atoms with Crippen LogP contribution in [0.25, 0.3) is 0 Å². The highest BCUT2D eigenvalue weighted by atomic mass is 16.5. The van der Waals surface area contributed by atoms with E-state index in [0.29, 0.717) is 23.7 Å². The number of ether oxygens (including phenoxy) is 2. The summed E-state index contributed by atoms with van der Waals surface area (Å²) >= 11 is 0. The van der Waals surface area contributed by atoms with Crippen molar-refractivity contribution in [2.24, 2.45) is 0 Å². The van der Waals surface area contributed by atoms with Gasteiger partial charge in [0.2, 0.25) is 0 Å². The number of carbonyl (C=O) groups is 2. The van der Waals surface area contributed by atoms with Crippen LogP contribution < -0.4 is 9.47 Å². The highest BCUT2D eigenvalue weighted by Gasteiger charge is 2.33. The van der Waals surface area contributed by atoms with Gasteiger partial charge in [0, 0.05) is 22.8 Å². The van der Waals surface area contributed by atoms with Crippen LogP contribution in [-0.4, -0.2) is 30.4 Å². The molecule has 1 aliphatic rings. The summed E-state index contributed by atoms with van der Waals surface area (Å²) in [5, 5.41) is 10.2. The Kier molecular flexibility index (Phi) is 4.55. The van der Waals surface area contributed by atoms with E-state index >= 15 is 0 Å². The van der Waals surface area contributed by atoms with E-state index in [4.69, 9.17) is 9.47 Å². The minimum Gasteiger partial charge on any atom is -0.507 e. The lowest BCUT2D eigenvalue weighted by atomic mass is 9.82. The van der Waals surface area contributed by atoms with Gasteiger partial charge in [-0.3, -0.25) is 9.59 Å². The molecule has 0 saturated carbocycles. The molecule has 0 heterocycles. The van der Waals surface area contributed by atoms with E-state index in [0.717, 1.165) is 11.1 Å². The molecule has 1 N–H and O–H groups in total. The zero-order valence-electron chi connectivity index (χ0n) is 15.2. The Morgan fingerprint density at radius 1 is 1.04 bits per heavy atom. The molecular weight excluding hydrogens is 332 g/mol. The number of hydrogen-bond acceptors (Lipinski definition) is 5. The van der Waals surface area contributed by atoms with Crippen LogP contribution in [0.5, 0.6) is 17.2 Å². The lowest BCUT2D eigenvalue weighted by Crippen LogP contribution is -2.21. The molecule has 0 unspecified atom stereocenters. The van der Waals surface area contributed by atoms with Crippen molar-refractivity contribution in [1.82, 2.24) is 0 Å². The van der Waals surface area contributed by atoms with Crippen molar-refractivity contribution in [3.63, 3.8) is 0 Å². The van der Waals surface area contributed by atoms with Gasteiger partial charge < -0.3 is 14.6 Å². The molecule has 2 aromatic carbocycles. The van der Waals surface area contributed by atoms with Gasteiger partial charge in [0.05, 0.1) is 12.7 Å². The number of allylic oxidation sites excluding steroid dienone is 1. The van der Waals surface area contributed by atoms with Crippen LogP contribution >= 0.6 is 0 Å². The monoisotopic (exact) mass is 352 g/mol. The third kappa shape index (κ3) is 2.96. The second kappa shape index (κ2) is 6.67. The van der Waals surface area contributed by atoms with Crippen molar-refractivity contribution >= 4 is 11.6 Å². The zero-order valence-corrected chi connectivity index (χ0v) is 15.2. The van der Waals surface area contributed by atoms with Crippen molar-refractivity contribution < 1.29 is 24.2 Å². The number of aromatic hydroxyl groups is 1. The first kappa shape index (κ1) is 17.7. The zero-order chi connectivity index (χ0) is 19.0. The molecule has 0 radical (unpaired) electrons. The summed E-state index contributed by atoms with van der Waals surface area (Å²) in [5.74, 6) is -0.122. The van der Waals surface area contributed by atoms with E-state index in [-0.39, 0.29) is 28.2 Å². The number of rotatable bonds is 4. The topological polar surface area (TPSA) is 72.8 Å². The molecule has 5 nitrogen and oxygen atoms in total. The third-order valence-corrected chi connectivity index (χ3v) is 4.33. The third-order valence-electron chi connectivity index (χ3n) is 4.33. The molecular formula is C21H20O5. The minimum atomic E-state index is -0.401. The van der Waals surface area contributed by atoms with Gasteiger partial charge in [-0.2, -0.15) is 0 Å². The summed E-state index contributed by atoms with van der Waals surface area (Å²) in [7, 11) is 1.43. The van der Waals surface area contributed by atoms with Crippen LogP contribution in [0.3, 0.4) is 0 Å². The van der Waals surface area contributed by atoms with Gasteiger partial charge in [0.15, 0.2) is 11.6 Å². The van der Waals surface area contributed by atoms with Crippen molar-refractivity contribution in [3.05, 3.63) is 63.7 Å². The SMILES string of the molecule is COc1cc(O)c2c(c1)C(=O)c1cc(C)c(OCC=C(C)C)cc1C2=O. The average molecular weight is 352 g/mol. The molecule has 134 valence electrons. The Labute approximate surface area is 151 Å². The summed E-state index contributed by atoms with van der Waals surface area (Å²) < 4.78 is 10.8. The fourth-order valence-corrected chi connectivity index (χ4v) is 2.93. The van der Waals surface area contributed by atoms with Gasteiger partial charge in [0.25, 0.3) is 0 Å². The second-order valence-corrected chi connectivity index (χ2v) is 6.48. The van der Waals surface area contributed by atoms with Crippen LogP contribution in [0, 0.1) is 6.92 Å². The maximum atomic E-state index is 12.9. The van der Waals surface area contributed by atoms with Crippen molar-refractivity contribution in [1.29, 1.82) is 0 Å². The number of carbonyl (C=O) groups excluding carboxylic acids is 2. The molecule has 0 aromatic heterocycles. The van der Waals surface area contributed by atoms with Crippen molar-refractivity contribution in [2.75, 3.05) is 13.7 Å². The van der Waals surface area contributed by atoms with Crippen molar-refractivity contribution in [3.8, 4) is 17.2 Å². The number of phenolic OH excluding ortho intramolecular Hbond substituents is 1. The van der Waals surface area contributed by atoms with Crippen LogP contribution in [0.1, 0.15) is 51.3 Å². The quantitative estimate of drug-likeness (QED) is 0.723. The Hall–Kier alpha value is -3.08. The van der Waals surface area contributed by atoms with Crippen LogP contribution in [0.4, 0.5) is 0 Å². The van der Waals surface area contributed by atoms with Crippen molar-refractivity contribution in [2.45, 2.75) is 20.8 Å². The Balaban J connectivity index is 2.09. The van der Waals surface area contributed by atoms with Gasteiger partial charge in [-0.1, -0.05) is 5.57 Å². The summed E-state index contributed by atoms with van der Waals surface area (Å²) in [6, 6.07) is 6.05. The number of aryl methyl sites for hydroxylation is 1. The second-order valence-electron chi connectivity index (χ2n) is 6.48. The summed E-state index contributed by atoms with van der Waals surface area (Å²) in [5.41, 5.74) is 2.59. The van der Waals surface area contributed by atoms with E-state index in [9.17, 15) is 14.7 Å². The lowest BCUT2D eigenvalue weighted by Gasteiger charge is -2.21. The van der Waals surface area contributed by atoms with Gasteiger partial charge in [0.1, 0.15) is 23.9 Å². The standard InChI is InChI=1S/C21H20O5/c1-11(2)5-6-26-18-10-15-14(7-12(18)3)20(23)16-8-13(25-4)9-17(22)19(16)21(15)24/h5,7-10,22H,6H2,1-4H3.